The van der Waals surface area contributed by atoms with Gasteiger partial charge < -0.3 is 10.4 Å². The molecule has 2 aromatic carbocycles. The first-order chi connectivity index (χ1) is 8.97. The molecular weight excluding hydrogens is 309 g/mol. The molecule has 0 spiro atoms. The van der Waals surface area contributed by atoms with E-state index in [-0.39, 0.29) is 11.6 Å². The van der Waals surface area contributed by atoms with Crippen LogP contribution in [0.2, 0.25) is 0 Å². The summed E-state index contributed by atoms with van der Waals surface area (Å²) in [5, 5.41) is 12.9. The lowest BCUT2D eigenvalue weighted by Gasteiger charge is -2.12. The van der Waals surface area contributed by atoms with Crippen molar-refractivity contribution >= 4 is 21.6 Å². The number of phenols is 1. The summed E-state index contributed by atoms with van der Waals surface area (Å²) in [5.41, 5.74) is 3.54. The number of hydrogen-bond donors (Lipinski definition) is 2. The number of hydrogen-bond acceptors (Lipinski definition) is 2. The normalized spacial score (nSPS) is 10.5. The third-order valence-electron chi connectivity index (χ3n) is 2.97. The fourth-order valence-electron chi connectivity index (χ4n) is 1.88. The van der Waals surface area contributed by atoms with Gasteiger partial charge in [0.05, 0.1) is 4.47 Å². The Kier molecular flexibility index (Phi) is 4.10. The van der Waals surface area contributed by atoms with E-state index in [1.807, 2.05) is 26.0 Å². The number of benzene rings is 2. The molecule has 2 rings (SSSR count). The molecule has 0 aliphatic rings. The second kappa shape index (κ2) is 5.61. The van der Waals surface area contributed by atoms with Crippen LogP contribution in [0.3, 0.4) is 0 Å². The molecule has 0 saturated heterocycles. The zero-order chi connectivity index (χ0) is 14.0. The summed E-state index contributed by atoms with van der Waals surface area (Å²) in [6, 6.07) is 8.61. The van der Waals surface area contributed by atoms with Crippen molar-refractivity contribution in [3.63, 3.8) is 0 Å². The van der Waals surface area contributed by atoms with Crippen LogP contribution >= 0.6 is 15.9 Å². The second-order valence-electron chi connectivity index (χ2n) is 4.57. The van der Waals surface area contributed by atoms with E-state index >= 15 is 0 Å². The third-order valence-corrected chi connectivity index (χ3v) is 3.58. The van der Waals surface area contributed by atoms with Crippen molar-refractivity contribution in [3.8, 4) is 5.75 Å². The van der Waals surface area contributed by atoms with Crippen molar-refractivity contribution in [3.05, 3.63) is 57.3 Å². The molecule has 0 heterocycles. The van der Waals surface area contributed by atoms with Gasteiger partial charge >= 0.3 is 0 Å². The van der Waals surface area contributed by atoms with Crippen LogP contribution in [-0.4, -0.2) is 5.11 Å². The molecule has 4 heteroatoms. The van der Waals surface area contributed by atoms with Crippen molar-refractivity contribution in [1.29, 1.82) is 0 Å². The Hall–Kier alpha value is -1.55. The average molecular weight is 324 g/mol. The first kappa shape index (κ1) is 13.9. The molecule has 0 aliphatic carbocycles. The summed E-state index contributed by atoms with van der Waals surface area (Å²) in [5.74, 6) is -0.0603. The standard InChI is InChI=1S/C15H15BrFNO/c1-9-3-4-15(19)11(5-9)8-18-14-7-13(17)12(16)6-10(14)2/h3-7,18-19H,8H2,1-2H3. The van der Waals surface area contributed by atoms with Crippen molar-refractivity contribution in [2.24, 2.45) is 0 Å². The van der Waals surface area contributed by atoms with E-state index in [0.717, 1.165) is 22.4 Å². The van der Waals surface area contributed by atoms with Crippen LogP contribution in [0.25, 0.3) is 0 Å². The highest BCUT2D eigenvalue weighted by atomic mass is 79.9. The molecule has 19 heavy (non-hydrogen) atoms. The Morgan fingerprint density at radius 1 is 1.21 bits per heavy atom. The monoisotopic (exact) mass is 323 g/mol. The van der Waals surface area contributed by atoms with Crippen molar-refractivity contribution in [1.82, 2.24) is 0 Å². The van der Waals surface area contributed by atoms with Crippen molar-refractivity contribution in [2.75, 3.05) is 5.32 Å². The summed E-state index contributed by atoms with van der Waals surface area (Å²) < 4.78 is 13.9. The maximum absolute atomic E-state index is 13.5. The SMILES string of the molecule is Cc1ccc(O)c(CNc2cc(F)c(Br)cc2C)c1. The Bertz CT molecular complexity index is 613. The quantitative estimate of drug-likeness (QED) is 0.870. The van der Waals surface area contributed by atoms with E-state index in [9.17, 15) is 9.50 Å². The van der Waals surface area contributed by atoms with Crippen molar-refractivity contribution < 1.29 is 9.50 Å². The van der Waals surface area contributed by atoms with E-state index in [1.165, 1.54) is 6.07 Å². The molecule has 2 aromatic rings. The smallest absolute Gasteiger partial charge is 0.139 e. The van der Waals surface area contributed by atoms with Gasteiger partial charge in [-0.1, -0.05) is 17.7 Å². The predicted molar refractivity (Wildman–Crippen MR) is 79.0 cm³/mol. The number of nitrogens with one attached hydrogen (secondary N) is 1. The molecule has 0 unspecified atom stereocenters. The van der Waals surface area contributed by atoms with Gasteiger partial charge in [-0.15, -0.1) is 0 Å². The van der Waals surface area contributed by atoms with Crippen LogP contribution < -0.4 is 5.32 Å². The lowest BCUT2D eigenvalue weighted by atomic mass is 10.1. The zero-order valence-electron chi connectivity index (χ0n) is 10.8. The Labute approximate surface area is 120 Å². The van der Waals surface area contributed by atoms with E-state index in [0.29, 0.717) is 11.0 Å². The lowest BCUT2D eigenvalue weighted by Crippen LogP contribution is -2.02. The maximum atomic E-state index is 13.5. The molecule has 0 radical (unpaired) electrons. The molecular formula is C15H15BrFNO. The molecule has 0 amide bonds. The summed E-state index contributed by atoms with van der Waals surface area (Å²) in [4.78, 5) is 0. The van der Waals surface area contributed by atoms with E-state index < -0.39 is 0 Å². The van der Waals surface area contributed by atoms with Crippen LogP contribution in [-0.2, 0) is 6.54 Å². The fraction of sp³-hybridized carbons (Fsp3) is 0.200. The minimum absolute atomic E-state index is 0.244. The molecule has 0 bridgehead atoms. The number of phenolic OH excluding ortho intramolecular Hbond substituents is 1. The van der Waals surface area contributed by atoms with Crippen LogP contribution in [0, 0.1) is 19.7 Å². The Balaban J connectivity index is 2.19. The largest absolute Gasteiger partial charge is 0.508 e. The van der Waals surface area contributed by atoms with Gasteiger partial charge in [-0.05, 0) is 53.5 Å². The van der Waals surface area contributed by atoms with Gasteiger partial charge in [-0.3, -0.25) is 0 Å². The molecule has 0 aliphatic heterocycles. The Morgan fingerprint density at radius 3 is 2.68 bits per heavy atom. The van der Waals surface area contributed by atoms with Crippen LogP contribution in [0.1, 0.15) is 16.7 Å². The van der Waals surface area contributed by atoms with Crippen molar-refractivity contribution in [2.45, 2.75) is 20.4 Å². The van der Waals surface area contributed by atoms with E-state index in [4.69, 9.17) is 0 Å². The molecule has 0 fully saturated rings. The summed E-state index contributed by atoms with van der Waals surface area (Å²) in [6.45, 7) is 4.32. The topological polar surface area (TPSA) is 32.3 Å². The van der Waals surface area contributed by atoms with Gasteiger partial charge in [0.1, 0.15) is 11.6 Å². The van der Waals surface area contributed by atoms with Gasteiger partial charge in [-0.2, -0.15) is 0 Å². The van der Waals surface area contributed by atoms with Gasteiger partial charge in [-0.25, -0.2) is 4.39 Å². The summed E-state index contributed by atoms with van der Waals surface area (Å²) >= 11 is 3.15. The minimum atomic E-state index is -0.304. The molecule has 100 valence electrons. The lowest BCUT2D eigenvalue weighted by molar-refractivity contribution is 0.469. The fourth-order valence-corrected chi connectivity index (χ4v) is 2.34. The highest BCUT2D eigenvalue weighted by Crippen LogP contribution is 2.25. The minimum Gasteiger partial charge on any atom is -0.508 e. The Morgan fingerprint density at radius 2 is 1.95 bits per heavy atom. The first-order valence-corrected chi connectivity index (χ1v) is 6.74. The summed E-state index contributed by atoms with van der Waals surface area (Å²) in [6.07, 6.45) is 0. The summed E-state index contributed by atoms with van der Waals surface area (Å²) in [7, 11) is 0. The molecule has 2 N–H and O–H groups in total. The van der Waals surface area contributed by atoms with Gasteiger partial charge in [0.15, 0.2) is 0 Å². The van der Waals surface area contributed by atoms with Crippen LogP contribution in [0.15, 0.2) is 34.8 Å². The molecule has 0 atom stereocenters. The van der Waals surface area contributed by atoms with Crippen LogP contribution in [0.5, 0.6) is 5.75 Å². The highest BCUT2D eigenvalue weighted by molar-refractivity contribution is 9.10. The molecule has 0 saturated carbocycles. The van der Waals surface area contributed by atoms with Gasteiger partial charge in [0.2, 0.25) is 0 Å². The maximum Gasteiger partial charge on any atom is 0.139 e. The van der Waals surface area contributed by atoms with Gasteiger partial charge in [0.25, 0.3) is 0 Å². The van der Waals surface area contributed by atoms with E-state index in [2.05, 4.69) is 21.2 Å². The third kappa shape index (κ3) is 3.26. The second-order valence-corrected chi connectivity index (χ2v) is 5.42. The number of aromatic hydroxyl groups is 1. The number of anilines is 1. The van der Waals surface area contributed by atoms with Crippen LogP contribution in [0.4, 0.5) is 10.1 Å². The van der Waals surface area contributed by atoms with E-state index in [1.54, 1.807) is 12.1 Å². The average Bonchev–Trinajstić information content (AvgIpc) is 2.36. The molecule has 2 nitrogen and oxygen atoms in total. The first-order valence-electron chi connectivity index (χ1n) is 5.95. The highest BCUT2D eigenvalue weighted by Gasteiger charge is 2.06. The van der Waals surface area contributed by atoms with Gasteiger partial charge in [0, 0.05) is 17.8 Å². The predicted octanol–water partition coefficient (Wildman–Crippen LogP) is 4.52. The molecule has 0 aromatic heterocycles. The number of halogens is 2. The zero-order valence-corrected chi connectivity index (χ0v) is 12.4. The number of rotatable bonds is 3. The number of aryl methyl sites for hydroxylation is 2.